The molecule has 2 unspecified atom stereocenters. The van der Waals surface area contributed by atoms with Gasteiger partial charge in [-0.25, -0.2) is 18.4 Å². The number of carbonyl (C=O) groups is 2. The Morgan fingerprint density at radius 1 is 1.25 bits per heavy atom. The van der Waals surface area contributed by atoms with Crippen molar-refractivity contribution < 1.29 is 32.6 Å². The molecule has 15 heteroatoms. The lowest BCUT2D eigenvalue weighted by Gasteiger charge is -2.44. The average molecular weight is 657 g/mol. The zero-order valence-corrected chi connectivity index (χ0v) is 24.3. The normalized spacial score (nSPS) is 22.4. The summed E-state index contributed by atoms with van der Waals surface area (Å²) >= 11 is 10.2. The largest absolute Gasteiger partial charge is 0.463 e. The maximum atomic E-state index is 14.1. The van der Waals surface area contributed by atoms with Gasteiger partial charge in [-0.2, -0.15) is 5.26 Å². The number of hydrogen-bond acceptors (Lipinski definition) is 10. The van der Waals surface area contributed by atoms with Crippen LogP contribution in [0, 0.1) is 28.9 Å². The van der Waals surface area contributed by atoms with Gasteiger partial charge in [-0.3, -0.25) is 9.59 Å². The smallest absolute Gasteiger partial charge is 0.303 e. The van der Waals surface area contributed by atoms with Crippen molar-refractivity contribution in [3.63, 3.8) is 0 Å². The molecule has 0 radical (unpaired) electrons. The van der Waals surface area contributed by atoms with E-state index in [4.69, 9.17) is 25.8 Å². The first-order chi connectivity index (χ1) is 19.0. The van der Waals surface area contributed by atoms with Crippen LogP contribution >= 0.6 is 39.3 Å². The molecule has 1 fully saturated rings. The van der Waals surface area contributed by atoms with Gasteiger partial charge in [0.05, 0.1) is 16.7 Å². The van der Waals surface area contributed by atoms with E-state index in [1.807, 2.05) is 13.0 Å². The maximum Gasteiger partial charge on any atom is 0.303 e. The van der Waals surface area contributed by atoms with Crippen molar-refractivity contribution in [3.8, 4) is 17.3 Å². The number of rotatable bonds is 7. The molecule has 4 rings (SSSR count). The monoisotopic (exact) mass is 655 g/mol. The van der Waals surface area contributed by atoms with Crippen LogP contribution in [0.2, 0.25) is 5.02 Å². The first-order valence-electron chi connectivity index (χ1n) is 11.7. The van der Waals surface area contributed by atoms with Crippen LogP contribution in [0.1, 0.15) is 32.5 Å². The summed E-state index contributed by atoms with van der Waals surface area (Å²) in [5, 5.41) is 16.8. The molecule has 1 aliphatic rings. The molecule has 2 aromatic heterocycles. The number of halogens is 4. The Morgan fingerprint density at radius 3 is 2.55 bits per heavy atom. The van der Waals surface area contributed by atoms with Crippen LogP contribution in [0.15, 0.2) is 40.0 Å². The topological polar surface area (TPSA) is 129 Å². The summed E-state index contributed by atoms with van der Waals surface area (Å²) in [4.78, 5) is 28.5. The molecule has 0 bridgehead atoms. The van der Waals surface area contributed by atoms with Crippen LogP contribution < -0.4 is 0 Å². The minimum atomic E-state index is -0.970. The standard InChI is InChI=1S/C25H21BrClF2N5O5S/c1-11-23(34-9-20(32-33-34)14-4-17(28)22(27)18(29)5-14)24(38-13(3)36)21(10-37-12(2)35)39-25(11)40-15-6-16(26)19(7-30)31-8-15/h4-6,8-9,11,21,23-25H,10H2,1-3H3/t11?,21?,23-,24+,25-/m1/s1. The molecule has 3 heterocycles. The number of carbonyl (C=O) groups excluding carboxylic acids is 2. The summed E-state index contributed by atoms with van der Waals surface area (Å²) in [6.07, 6.45) is 1.12. The van der Waals surface area contributed by atoms with E-state index >= 15 is 0 Å². The average Bonchev–Trinajstić information content (AvgIpc) is 3.37. The molecule has 0 spiro atoms. The number of aromatic nitrogens is 4. The minimum absolute atomic E-state index is 0.102. The number of nitriles is 1. The molecule has 0 aliphatic carbocycles. The quantitative estimate of drug-likeness (QED) is 0.250. The van der Waals surface area contributed by atoms with Gasteiger partial charge in [0.15, 0.2) is 11.8 Å². The van der Waals surface area contributed by atoms with E-state index in [1.165, 1.54) is 42.7 Å². The Hall–Kier alpha value is -3.12. The van der Waals surface area contributed by atoms with Gasteiger partial charge < -0.3 is 14.2 Å². The lowest BCUT2D eigenvalue weighted by molar-refractivity contribution is -0.191. The third-order valence-corrected chi connectivity index (χ3v) is 8.24. The second kappa shape index (κ2) is 12.6. The fraction of sp³-hybridized carbons (Fsp3) is 0.360. The van der Waals surface area contributed by atoms with Gasteiger partial charge in [0.25, 0.3) is 0 Å². The van der Waals surface area contributed by atoms with Crippen molar-refractivity contribution in [2.45, 2.75) is 49.4 Å². The summed E-state index contributed by atoms with van der Waals surface area (Å²) in [6.45, 7) is 4.09. The zero-order chi connectivity index (χ0) is 29.1. The molecule has 10 nitrogen and oxygen atoms in total. The summed E-state index contributed by atoms with van der Waals surface area (Å²) in [6, 6.07) is 5.07. The molecule has 0 amide bonds. The van der Waals surface area contributed by atoms with Crippen molar-refractivity contribution in [1.82, 2.24) is 20.0 Å². The van der Waals surface area contributed by atoms with Gasteiger partial charge in [0, 0.05) is 36.4 Å². The van der Waals surface area contributed by atoms with Gasteiger partial charge in [-0.1, -0.05) is 35.5 Å². The first-order valence-corrected chi connectivity index (χ1v) is 13.8. The molecule has 5 atom stereocenters. The van der Waals surface area contributed by atoms with Gasteiger partial charge in [0.1, 0.15) is 46.6 Å². The molecule has 0 saturated carbocycles. The predicted molar refractivity (Wildman–Crippen MR) is 142 cm³/mol. The Kier molecular flexibility index (Phi) is 9.40. The summed E-state index contributed by atoms with van der Waals surface area (Å²) in [5.74, 6) is -3.48. The van der Waals surface area contributed by atoms with E-state index in [0.29, 0.717) is 9.37 Å². The van der Waals surface area contributed by atoms with Gasteiger partial charge >= 0.3 is 11.9 Å². The third-order valence-electron chi connectivity index (χ3n) is 6.00. The highest BCUT2D eigenvalue weighted by Gasteiger charge is 2.48. The van der Waals surface area contributed by atoms with E-state index < -0.39 is 58.2 Å². The van der Waals surface area contributed by atoms with Crippen molar-refractivity contribution >= 4 is 51.2 Å². The molecule has 1 saturated heterocycles. The van der Waals surface area contributed by atoms with Gasteiger partial charge in [0.2, 0.25) is 0 Å². The van der Waals surface area contributed by atoms with Crippen LogP contribution in [-0.4, -0.2) is 56.2 Å². The molecule has 3 aromatic rings. The van der Waals surface area contributed by atoms with Crippen molar-refractivity contribution in [2.75, 3.05) is 6.61 Å². The van der Waals surface area contributed by atoms with Crippen molar-refractivity contribution in [3.05, 3.63) is 57.4 Å². The van der Waals surface area contributed by atoms with Crippen LogP contribution in [-0.2, 0) is 23.8 Å². The number of ether oxygens (including phenoxy) is 3. The lowest BCUT2D eigenvalue weighted by Crippen LogP contribution is -2.53. The highest BCUT2D eigenvalue weighted by Crippen LogP contribution is 2.43. The number of esters is 2. The van der Waals surface area contributed by atoms with Crippen LogP contribution in [0.3, 0.4) is 0 Å². The molecule has 1 aliphatic heterocycles. The Labute approximate surface area is 245 Å². The molecule has 0 N–H and O–H groups in total. The Bertz CT molecular complexity index is 1470. The summed E-state index contributed by atoms with van der Waals surface area (Å²) in [5.41, 5.74) is -0.134. The second-order valence-electron chi connectivity index (χ2n) is 8.84. The van der Waals surface area contributed by atoms with E-state index in [9.17, 15) is 23.6 Å². The Balaban J connectivity index is 1.73. The number of benzene rings is 1. The fourth-order valence-electron chi connectivity index (χ4n) is 4.21. The van der Waals surface area contributed by atoms with Crippen LogP contribution in [0.4, 0.5) is 8.78 Å². The van der Waals surface area contributed by atoms with E-state index in [2.05, 4.69) is 31.2 Å². The van der Waals surface area contributed by atoms with Gasteiger partial charge in [-0.15, -0.1) is 5.10 Å². The SMILES string of the molecule is CC(=O)OCC1O[C@H](Sc2cnc(C#N)c(Br)c2)C(C)[C@@H](n2cc(-c3cc(F)c(Cl)c(F)c3)nn2)[C@H]1OC(C)=O. The van der Waals surface area contributed by atoms with E-state index in [1.54, 1.807) is 6.07 Å². The molecule has 40 heavy (non-hydrogen) atoms. The molecular formula is C25H21BrClF2N5O5S. The number of nitrogens with zero attached hydrogens (tertiary/aromatic N) is 5. The molecule has 1 aromatic carbocycles. The van der Waals surface area contributed by atoms with Gasteiger partial charge in [-0.05, 0) is 34.1 Å². The summed E-state index contributed by atoms with van der Waals surface area (Å²) < 4.78 is 47.3. The number of thioether (sulfide) groups is 1. The number of pyridine rings is 1. The first kappa shape index (κ1) is 29.9. The zero-order valence-electron chi connectivity index (χ0n) is 21.2. The second-order valence-corrected chi connectivity index (χ2v) is 11.2. The van der Waals surface area contributed by atoms with Crippen molar-refractivity contribution in [2.24, 2.45) is 5.92 Å². The van der Waals surface area contributed by atoms with Crippen LogP contribution in [0.25, 0.3) is 11.3 Å². The van der Waals surface area contributed by atoms with E-state index in [-0.39, 0.29) is 23.6 Å². The van der Waals surface area contributed by atoms with Crippen LogP contribution in [0.5, 0.6) is 0 Å². The number of hydrogen-bond donors (Lipinski definition) is 0. The highest BCUT2D eigenvalue weighted by atomic mass is 79.9. The summed E-state index contributed by atoms with van der Waals surface area (Å²) in [7, 11) is 0. The minimum Gasteiger partial charge on any atom is -0.463 e. The third kappa shape index (κ3) is 6.60. The van der Waals surface area contributed by atoms with E-state index in [0.717, 1.165) is 12.1 Å². The lowest BCUT2D eigenvalue weighted by atomic mass is 9.90. The predicted octanol–water partition coefficient (Wildman–Crippen LogP) is 5.10. The highest BCUT2D eigenvalue weighted by molar-refractivity contribution is 9.10. The molecular weight excluding hydrogens is 636 g/mol. The Morgan fingerprint density at radius 2 is 1.95 bits per heavy atom. The van der Waals surface area contributed by atoms with Crippen molar-refractivity contribution in [1.29, 1.82) is 5.26 Å². The maximum absolute atomic E-state index is 14.1. The molecule has 210 valence electrons. The fourth-order valence-corrected chi connectivity index (χ4v) is 6.05.